The largest absolute Gasteiger partial charge is 0.376 e. The van der Waals surface area contributed by atoms with E-state index in [1.807, 2.05) is 19.1 Å². The van der Waals surface area contributed by atoms with Crippen molar-refractivity contribution in [1.29, 1.82) is 0 Å². The standard InChI is InChI=1S/C24H29N5O3S2/c1-3-26-8-10-27(11-9-26)21-18(22(30)28-14-16(2)6-7-20(28)25-21)13-19-23(31)29(24(33)34-19)15-17-5-4-12-32-17/h6-7,13-14,17H,3-5,8-12,15H2,1-2H3/b19-13-/t17-/m1/s1. The zero-order chi connectivity index (χ0) is 23.8. The van der Waals surface area contributed by atoms with Gasteiger partial charge < -0.3 is 14.5 Å². The van der Waals surface area contributed by atoms with Crippen LogP contribution in [-0.2, 0) is 9.53 Å². The van der Waals surface area contributed by atoms with Crippen LogP contribution in [0.15, 0.2) is 28.0 Å². The maximum absolute atomic E-state index is 13.7. The van der Waals surface area contributed by atoms with E-state index in [1.165, 1.54) is 11.8 Å². The lowest BCUT2D eigenvalue weighted by atomic mass is 10.2. The van der Waals surface area contributed by atoms with E-state index < -0.39 is 0 Å². The number of aryl methyl sites for hydroxylation is 1. The Kier molecular flexibility index (Phi) is 6.74. The highest BCUT2D eigenvalue weighted by Crippen LogP contribution is 2.34. The smallest absolute Gasteiger partial charge is 0.267 e. The van der Waals surface area contributed by atoms with Crippen molar-refractivity contribution in [1.82, 2.24) is 19.2 Å². The minimum Gasteiger partial charge on any atom is -0.376 e. The maximum Gasteiger partial charge on any atom is 0.267 e. The molecule has 180 valence electrons. The Bertz CT molecular complexity index is 1210. The van der Waals surface area contributed by atoms with E-state index >= 15 is 0 Å². The summed E-state index contributed by atoms with van der Waals surface area (Å²) in [6.07, 6.45) is 5.44. The Morgan fingerprint density at radius 1 is 1.24 bits per heavy atom. The fourth-order valence-corrected chi connectivity index (χ4v) is 5.93. The molecule has 5 rings (SSSR count). The third-order valence-electron chi connectivity index (χ3n) is 6.66. The van der Waals surface area contributed by atoms with E-state index in [-0.39, 0.29) is 17.6 Å². The van der Waals surface area contributed by atoms with E-state index in [0.29, 0.717) is 32.8 Å². The Morgan fingerprint density at radius 3 is 2.74 bits per heavy atom. The average molecular weight is 500 g/mol. The zero-order valence-corrected chi connectivity index (χ0v) is 21.2. The van der Waals surface area contributed by atoms with E-state index in [0.717, 1.165) is 57.7 Å². The predicted molar refractivity (Wildman–Crippen MR) is 139 cm³/mol. The Hall–Kier alpha value is -2.27. The average Bonchev–Trinajstić information content (AvgIpc) is 3.45. The van der Waals surface area contributed by atoms with Gasteiger partial charge in [-0.15, -0.1) is 0 Å². The topological polar surface area (TPSA) is 70.4 Å². The highest BCUT2D eigenvalue weighted by Gasteiger charge is 2.35. The van der Waals surface area contributed by atoms with E-state index in [2.05, 4.69) is 16.7 Å². The van der Waals surface area contributed by atoms with Crippen molar-refractivity contribution < 1.29 is 9.53 Å². The number of piperazine rings is 1. The van der Waals surface area contributed by atoms with Crippen LogP contribution >= 0.6 is 24.0 Å². The number of thiocarbonyl (C=S) groups is 1. The van der Waals surface area contributed by atoms with Gasteiger partial charge in [-0.1, -0.05) is 37.0 Å². The molecular formula is C24H29N5O3S2. The first-order chi connectivity index (χ1) is 16.4. The predicted octanol–water partition coefficient (Wildman–Crippen LogP) is 2.53. The van der Waals surface area contributed by atoms with E-state index in [4.69, 9.17) is 21.9 Å². The van der Waals surface area contributed by atoms with Gasteiger partial charge in [0.05, 0.1) is 23.1 Å². The van der Waals surface area contributed by atoms with Crippen molar-refractivity contribution >= 4 is 51.7 Å². The summed E-state index contributed by atoms with van der Waals surface area (Å²) in [7, 11) is 0. The maximum atomic E-state index is 13.7. The molecule has 0 radical (unpaired) electrons. The molecule has 3 aliphatic heterocycles. The normalized spacial score (nSPS) is 23.1. The zero-order valence-electron chi connectivity index (χ0n) is 19.5. The number of likely N-dealkylation sites (N-methyl/N-ethyl adjacent to an activating group) is 1. The molecule has 34 heavy (non-hydrogen) atoms. The highest BCUT2D eigenvalue weighted by atomic mass is 32.2. The SMILES string of the molecule is CCN1CCN(c2nc3ccc(C)cn3c(=O)c2/C=C2\SC(=S)N(C[C@H]3CCCO3)C2=O)CC1. The molecule has 10 heteroatoms. The van der Waals surface area contributed by atoms with Crippen molar-refractivity contribution in [3.05, 3.63) is 44.7 Å². The van der Waals surface area contributed by atoms with Crippen LogP contribution < -0.4 is 10.5 Å². The molecule has 1 amide bonds. The first kappa shape index (κ1) is 23.5. The summed E-state index contributed by atoms with van der Waals surface area (Å²) in [6, 6.07) is 3.82. The van der Waals surface area contributed by atoms with Gasteiger partial charge in [0.15, 0.2) is 0 Å². The number of carbonyl (C=O) groups is 1. The summed E-state index contributed by atoms with van der Waals surface area (Å²) in [5.74, 6) is 0.468. The molecule has 0 saturated carbocycles. The van der Waals surface area contributed by atoms with Gasteiger partial charge in [0.25, 0.3) is 11.5 Å². The number of nitrogens with zero attached hydrogens (tertiary/aromatic N) is 5. The first-order valence-electron chi connectivity index (χ1n) is 11.8. The number of anilines is 1. The van der Waals surface area contributed by atoms with Crippen LogP contribution in [0.2, 0.25) is 0 Å². The van der Waals surface area contributed by atoms with Gasteiger partial charge in [-0.3, -0.25) is 18.9 Å². The van der Waals surface area contributed by atoms with Gasteiger partial charge in [-0.2, -0.15) is 0 Å². The van der Waals surface area contributed by atoms with Crippen molar-refractivity contribution in [3.63, 3.8) is 0 Å². The Morgan fingerprint density at radius 2 is 2.03 bits per heavy atom. The molecule has 0 N–H and O–H groups in total. The van der Waals surface area contributed by atoms with Gasteiger partial charge in [-0.25, -0.2) is 4.98 Å². The number of aromatic nitrogens is 2. The van der Waals surface area contributed by atoms with Gasteiger partial charge in [-0.05, 0) is 44.0 Å². The van der Waals surface area contributed by atoms with Gasteiger partial charge in [0, 0.05) is 39.0 Å². The van der Waals surface area contributed by atoms with Crippen LogP contribution in [0.5, 0.6) is 0 Å². The number of hydrogen-bond donors (Lipinski definition) is 0. The molecule has 3 fully saturated rings. The number of fused-ring (bicyclic) bond motifs is 1. The Labute approximate surface area is 208 Å². The highest BCUT2D eigenvalue weighted by molar-refractivity contribution is 8.26. The molecule has 2 aromatic heterocycles. The van der Waals surface area contributed by atoms with Crippen LogP contribution in [0.1, 0.15) is 30.9 Å². The summed E-state index contributed by atoms with van der Waals surface area (Å²) >= 11 is 6.76. The summed E-state index contributed by atoms with van der Waals surface area (Å²) in [4.78, 5) is 38.4. The van der Waals surface area contributed by atoms with Crippen molar-refractivity contribution in [2.45, 2.75) is 32.8 Å². The molecule has 3 saturated heterocycles. The van der Waals surface area contributed by atoms with Gasteiger partial charge in [0.2, 0.25) is 0 Å². The molecule has 2 aromatic rings. The van der Waals surface area contributed by atoms with Crippen LogP contribution in [0, 0.1) is 6.92 Å². The molecule has 1 atom stereocenters. The molecule has 3 aliphatic rings. The molecule has 0 unspecified atom stereocenters. The summed E-state index contributed by atoms with van der Waals surface area (Å²) in [6.45, 7) is 9.67. The number of rotatable bonds is 5. The number of thioether (sulfide) groups is 1. The molecule has 0 aromatic carbocycles. The first-order valence-corrected chi connectivity index (χ1v) is 13.0. The quantitative estimate of drug-likeness (QED) is 0.459. The monoisotopic (exact) mass is 499 g/mol. The van der Waals surface area contributed by atoms with Crippen LogP contribution in [0.4, 0.5) is 5.82 Å². The second-order valence-corrected chi connectivity index (χ2v) is 10.6. The second-order valence-electron chi connectivity index (χ2n) is 8.94. The summed E-state index contributed by atoms with van der Waals surface area (Å²) < 4.78 is 7.78. The lowest BCUT2D eigenvalue weighted by molar-refractivity contribution is -0.123. The molecule has 8 nitrogen and oxygen atoms in total. The number of amides is 1. The third-order valence-corrected chi connectivity index (χ3v) is 8.04. The third kappa shape index (κ3) is 4.51. The number of carbonyl (C=O) groups excluding carboxylic acids is 1. The fourth-order valence-electron chi connectivity index (χ4n) is 4.67. The van der Waals surface area contributed by atoms with Crippen molar-refractivity contribution in [2.24, 2.45) is 0 Å². The lowest BCUT2D eigenvalue weighted by Gasteiger charge is -2.35. The van der Waals surface area contributed by atoms with Crippen LogP contribution in [0.25, 0.3) is 11.7 Å². The van der Waals surface area contributed by atoms with Crippen molar-refractivity contribution in [2.75, 3.05) is 50.8 Å². The van der Waals surface area contributed by atoms with Gasteiger partial charge >= 0.3 is 0 Å². The molecule has 5 heterocycles. The number of pyridine rings is 1. The minimum absolute atomic E-state index is 0.0169. The van der Waals surface area contributed by atoms with E-state index in [9.17, 15) is 9.59 Å². The summed E-state index contributed by atoms with van der Waals surface area (Å²) in [5.41, 5.74) is 1.83. The van der Waals surface area contributed by atoms with Crippen LogP contribution in [0.3, 0.4) is 0 Å². The van der Waals surface area contributed by atoms with Crippen molar-refractivity contribution in [3.8, 4) is 0 Å². The second kappa shape index (κ2) is 9.77. The van der Waals surface area contributed by atoms with Gasteiger partial charge in [0.1, 0.15) is 15.8 Å². The molecule has 0 spiro atoms. The Balaban J connectivity index is 1.54. The lowest BCUT2D eigenvalue weighted by Crippen LogP contribution is -2.47. The molecule has 0 aliphatic carbocycles. The number of hydrogen-bond acceptors (Lipinski definition) is 8. The minimum atomic E-state index is -0.175. The summed E-state index contributed by atoms with van der Waals surface area (Å²) in [5, 5.41) is 0. The molecule has 0 bridgehead atoms. The van der Waals surface area contributed by atoms with E-state index in [1.54, 1.807) is 21.6 Å². The fraction of sp³-hybridized carbons (Fsp3) is 0.500. The number of ether oxygens (including phenoxy) is 1. The molecular weight excluding hydrogens is 470 g/mol. The van der Waals surface area contributed by atoms with Crippen LogP contribution in [-0.4, -0.2) is 81.4 Å².